The maximum Gasteiger partial charge on any atom is 0.188 e. The highest BCUT2D eigenvalue weighted by molar-refractivity contribution is 7.22. The summed E-state index contributed by atoms with van der Waals surface area (Å²) in [6.45, 7) is 2.06. The lowest BCUT2D eigenvalue weighted by molar-refractivity contribution is 0.417. The maximum absolute atomic E-state index is 6.03. The van der Waals surface area contributed by atoms with Crippen molar-refractivity contribution in [1.82, 2.24) is 4.98 Å². The van der Waals surface area contributed by atoms with Crippen LogP contribution in [0.25, 0.3) is 10.2 Å². The number of hydrogen-bond acceptors (Lipinski definition) is 4. The highest BCUT2D eigenvalue weighted by Crippen LogP contribution is 2.34. The molecule has 3 aromatic rings. The number of aromatic nitrogens is 1. The van der Waals surface area contributed by atoms with Gasteiger partial charge in [-0.1, -0.05) is 35.1 Å². The summed E-state index contributed by atoms with van der Waals surface area (Å²) in [6.07, 6.45) is 0. The van der Waals surface area contributed by atoms with Gasteiger partial charge in [-0.3, -0.25) is 0 Å². The van der Waals surface area contributed by atoms with Gasteiger partial charge in [0.1, 0.15) is 5.75 Å². The van der Waals surface area contributed by atoms with Crippen LogP contribution in [0.5, 0.6) is 5.75 Å². The smallest absolute Gasteiger partial charge is 0.188 e. The minimum absolute atomic E-state index is 0.658. The number of ether oxygens (including phenoxy) is 1. The van der Waals surface area contributed by atoms with E-state index < -0.39 is 0 Å². The van der Waals surface area contributed by atoms with Crippen molar-refractivity contribution in [1.29, 1.82) is 0 Å². The molecule has 0 radical (unpaired) electrons. The summed E-state index contributed by atoms with van der Waals surface area (Å²) >= 11 is 7.64. The second kappa shape index (κ2) is 5.31. The number of thiazole rings is 1. The lowest BCUT2D eigenvalue weighted by Gasteiger charge is -2.09. The first-order valence-corrected chi connectivity index (χ1v) is 7.33. The van der Waals surface area contributed by atoms with Crippen LogP contribution in [0.4, 0.5) is 10.8 Å². The van der Waals surface area contributed by atoms with Crippen LogP contribution in [0.3, 0.4) is 0 Å². The fraction of sp³-hybridized carbons (Fsp3) is 0.133. The number of anilines is 2. The molecule has 20 heavy (non-hydrogen) atoms. The van der Waals surface area contributed by atoms with Gasteiger partial charge in [-0.25, -0.2) is 4.98 Å². The van der Waals surface area contributed by atoms with Gasteiger partial charge in [-0.15, -0.1) is 0 Å². The fourth-order valence-electron chi connectivity index (χ4n) is 2.03. The largest absolute Gasteiger partial charge is 0.495 e. The van der Waals surface area contributed by atoms with Crippen molar-refractivity contribution in [3.8, 4) is 5.75 Å². The standard InChI is InChI=1S/C15H13ClN2OS/c1-9-4-3-5-13-14(9)18-15(20-13)17-11-8-10(16)6-7-12(11)19-2/h3-8H,1-2H3,(H,17,18). The molecule has 1 heterocycles. The van der Waals surface area contributed by atoms with Crippen LogP contribution in [0, 0.1) is 6.92 Å². The highest BCUT2D eigenvalue weighted by atomic mass is 35.5. The number of halogens is 1. The molecule has 0 saturated carbocycles. The minimum atomic E-state index is 0.658. The van der Waals surface area contributed by atoms with Crippen molar-refractivity contribution in [2.24, 2.45) is 0 Å². The maximum atomic E-state index is 6.03. The predicted molar refractivity (Wildman–Crippen MR) is 85.6 cm³/mol. The van der Waals surface area contributed by atoms with Gasteiger partial charge in [-0.2, -0.15) is 0 Å². The zero-order valence-electron chi connectivity index (χ0n) is 11.1. The van der Waals surface area contributed by atoms with Crippen LogP contribution in [-0.2, 0) is 0 Å². The number of benzene rings is 2. The van der Waals surface area contributed by atoms with Gasteiger partial charge in [0.25, 0.3) is 0 Å². The molecule has 2 aromatic carbocycles. The van der Waals surface area contributed by atoms with Gasteiger partial charge in [0.05, 0.1) is 23.0 Å². The lowest BCUT2D eigenvalue weighted by atomic mass is 10.2. The first-order valence-electron chi connectivity index (χ1n) is 6.14. The van der Waals surface area contributed by atoms with Crippen LogP contribution < -0.4 is 10.1 Å². The summed E-state index contributed by atoms with van der Waals surface area (Å²) in [5.74, 6) is 0.741. The molecule has 0 aliphatic heterocycles. The quantitative estimate of drug-likeness (QED) is 0.738. The Hall–Kier alpha value is -1.78. The molecule has 1 N–H and O–H groups in total. The summed E-state index contributed by atoms with van der Waals surface area (Å²) in [5.41, 5.74) is 3.02. The average Bonchev–Trinajstić information content (AvgIpc) is 2.83. The number of hydrogen-bond donors (Lipinski definition) is 1. The molecule has 0 atom stereocenters. The van der Waals surface area contributed by atoms with Crippen LogP contribution >= 0.6 is 22.9 Å². The van der Waals surface area contributed by atoms with Crippen molar-refractivity contribution < 1.29 is 4.74 Å². The molecule has 0 amide bonds. The van der Waals surface area contributed by atoms with E-state index in [1.165, 1.54) is 5.56 Å². The second-order valence-electron chi connectivity index (χ2n) is 4.41. The topological polar surface area (TPSA) is 34.1 Å². The Morgan fingerprint density at radius 2 is 2.10 bits per heavy atom. The molecule has 0 aliphatic carbocycles. The predicted octanol–water partition coefficient (Wildman–Crippen LogP) is 5.01. The summed E-state index contributed by atoms with van der Waals surface area (Å²) < 4.78 is 6.49. The van der Waals surface area contributed by atoms with Crippen LogP contribution in [0.2, 0.25) is 5.02 Å². The Balaban J connectivity index is 2.01. The molecule has 1 aromatic heterocycles. The van der Waals surface area contributed by atoms with E-state index in [0.29, 0.717) is 5.02 Å². The van der Waals surface area contributed by atoms with Gasteiger partial charge in [0.15, 0.2) is 5.13 Å². The molecule has 5 heteroatoms. The number of rotatable bonds is 3. The van der Waals surface area contributed by atoms with E-state index in [2.05, 4.69) is 29.4 Å². The van der Waals surface area contributed by atoms with E-state index in [1.54, 1.807) is 24.5 Å². The lowest BCUT2D eigenvalue weighted by Crippen LogP contribution is -1.94. The number of nitrogens with one attached hydrogen (secondary N) is 1. The van der Waals surface area contributed by atoms with E-state index in [4.69, 9.17) is 16.3 Å². The Labute approximate surface area is 126 Å². The fourth-order valence-corrected chi connectivity index (χ4v) is 3.16. The monoisotopic (exact) mass is 304 g/mol. The molecular weight excluding hydrogens is 292 g/mol. The third kappa shape index (κ3) is 2.44. The molecule has 3 nitrogen and oxygen atoms in total. The normalized spacial score (nSPS) is 10.8. The van der Waals surface area contributed by atoms with Crippen LogP contribution in [0.15, 0.2) is 36.4 Å². The number of nitrogens with zero attached hydrogens (tertiary/aromatic N) is 1. The zero-order chi connectivity index (χ0) is 14.1. The molecule has 0 saturated heterocycles. The molecule has 3 rings (SSSR count). The first-order chi connectivity index (χ1) is 9.67. The van der Waals surface area contributed by atoms with Crippen LogP contribution in [-0.4, -0.2) is 12.1 Å². The second-order valence-corrected chi connectivity index (χ2v) is 5.88. The molecule has 0 bridgehead atoms. The molecular formula is C15H13ClN2OS. The van der Waals surface area contributed by atoms with Gasteiger partial charge >= 0.3 is 0 Å². The average molecular weight is 305 g/mol. The van der Waals surface area contributed by atoms with Gasteiger partial charge < -0.3 is 10.1 Å². The van der Waals surface area contributed by atoms with Gasteiger partial charge in [0.2, 0.25) is 0 Å². The number of methoxy groups -OCH3 is 1. The van der Waals surface area contributed by atoms with Crippen molar-refractivity contribution in [2.75, 3.05) is 12.4 Å². The van der Waals surface area contributed by atoms with Crippen LogP contribution in [0.1, 0.15) is 5.56 Å². The molecule has 0 spiro atoms. The minimum Gasteiger partial charge on any atom is -0.495 e. The van der Waals surface area contributed by atoms with E-state index in [-0.39, 0.29) is 0 Å². The number of para-hydroxylation sites is 1. The van der Waals surface area contributed by atoms with E-state index >= 15 is 0 Å². The van der Waals surface area contributed by atoms with Crippen molar-refractivity contribution in [3.63, 3.8) is 0 Å². The highest BCUT2D eigenvalue weighted by Gasteiger charge is 2.09. The van der Waals surface area contributed by atoms with E-state index in [0.717, 1.165) is 26.8 Å². The van der Waals surface area contributed by atoms with Crippen molar-refractivity contribution in [3.05, 3.63) is 47.0 Å². The van der Waals surface area contributed by atoms with Crippen molar-refractivity contribution >= 4 is 44.0 Å². The molecule has 0 fully saturated rings. The molecule has 0 unspecified atom stereocenters. The van der Waals surface area contributed by atoms with Crippen molar-refractivity contribution in [2.45, 2.75) is 6.92 Å². The summed E-state index contributed by atoms with van der Waals surface area (Å²) in [7, 11) is 1.64. The van der Waals surface area contributed by atoms with Gasteiger partial charge in [-0.05, 0) is 36.8 Å². The molecule has 0 aliphatic rings. The first kappa shape index (κ1) is 13.2. The van der Waals surface area contributed by atoms with Gasteiger partial charge in [0, 0.05) is 5.02 Å². The Morgan fingerprint density at radius 3 is 2.85 bits per heavy atom. The molecule has 102 valence electrons. The van der Waals surface area contributed by atoms with E-state index in [1.807, 2.05) is 18.2 Å². The Bertz CT molecular complexity index is 770. The number of aryl methyl sites for hydroxylation is 1. The zero-order valence-corrected chi connectivity index (χ0v) is 12.7. The number of fused-ring (bicyclic) bond motifs is 1. The Kier molecular flexibility index (Phi) is 3.51. The third-order valence-electron chi connectivity index (χ3n) is 3.02. The van der Waals surface area contributed by atoms with E-state index in [9.17, 15) is 0 Å². The summed E-state index contributed by atoms with van der Waals surface area (Å²) in [4.78, 5) is 4.62. The third-order valence-corrected chi connectivity index (χ3v) is 4.19. The summed E-state index contributed by atoms with van der Waals surface area (Å²) in [6, 6.07) is 11.6. The summed E-state index contributed by atoms with van der Waals surface area (Å²) in [5, 5.41) is 4.77. The Morgan fingerprint density at radius 1 is 1.25 bits per heavy atom. The SMILES string of the molecule is COc1ccc(Cl)cc1Nc1nc2c(C)cccc2s1.